The summed E-state index contributed by atoms with van der Waals surface area (Å²) in [5, 5.41) is 0.545. The van der Waals surface area contributed by atoms with E-state index in [1.54, 1.807) is 0 Å². The highest BCUT2D eigenvalue weighted by Gasteiger charge is 2.28. The van der Waals surface area contributed by atoms with E-state index in [1.165, 1.54) is 36.5 Å². The molecule has 0 unspecified atom stereocenters. The molecule has 0 amide bonds. The first kappa shape index (κ1) is 20.8. The minimum atomic E-state index is -4.49. The first-order valence-electron chi connectivity index (χ1n) is 7.10. The molecule has 26 heavy (non-hydrogen) atoms. The number of ether oxygens (including phenoxy) is 1. The highest BCUT2D eigenvalue weighted by molar-refractivity contribution is 7.88. The van der Waals surface area contributed by atoms with Crippen molar-refractivity contribution in [1.82, 2.24) is 9.71 Å². The van der Waals surface area contributed by atoms with E-state index >= 15 is 0 Å². The number of hydrogen-bond donors (Lipinski definition) is 1. The molecule has 142 valence electrons. The SMILES string of the molecule is O=S(=O)(Cc1ccc(Cl)c(Cl)c1)NCc1ccnc(OCC(F)(F)F)c1. The quantitative estimate of drug-likeness (QED) is 0.724. The van der Waals surface area contributed by atoms with E-state index in [4.69, 9.17) is 23.2 Å². The van der Waals surface area contributed by atoms with Gasteiger partial charge in [0.25, 0.3) is 0 Å². The summed E-state index contributed by atoms with van der Waals surface area (Å²) in [6.45, 7) is -1.61. The van der Waals surface area contributed by atoms with Gasteiger partial charge in [0, 0.05) is 18.8 Å². The van der Waals surface area contributed by atoms with E-state index < -0.39 is 22.8 Å². The van der Waals surface area contributed by atoms with Crippen molar-refractivity contribution in [1.29, 1.82) is 0 Å². The van der Waals surface area contributed by atoms with Crippen LogP contribution in [0.3, 0.4) is 0 Å². The van der Waals surface area contributed by atoms with Crippen molar-refractivity contribution in [2.75, 3.05) is 6.61 Å². The maximum Gasteiger partial charge on any atom is 0.422 e. The van der Waals surface area contributed by atoms with Crippen LogP contribution in [0.5, 0.6) is 5.88 Å². The van der Waals surface area contributed by atoms with Crippen molar-refractivity contribution in [3.05, 3.63) is 57.7 Å². The molecular weight excluding hydrogens is 416 g/mol. The number of hydrogen-bond acceptors (Lipinski definition) is 4. The van der Waals surface area contributed by atoms with Crippen LogP contribution >= 0.6 is 23.2 Å². The van der Waals surface area contributed by atoms with Gasteiger partial charge in [0.1, 0.15) is 0 Å². The van der Waals surface area contributed by atoms with E-state index in [9.17, 15) is 21.6 Å². The van der Waals surface area contributed by atoms with Crippen LogP contribution in [0.4, 0.5) is 13.2 Å². The topological polar surface area (TPSA) is 68.3 Å². The fourth-order valence-corrected chi connectivity index (χ4v) is 3.32. The van der Waals surface area contributed by atoms with Gasteiger partial charge in [-0.25, -0.2) is 18.1 Å². The summed E-state index contributed by atoms with van der Waals surface area (Å²) in [5.74, 6) is -0.574. The number of pyridine rings is 1. The third-order valence-corrected chi connectivity index (χ3v) is 5.06. The van der Waals surface area contributed by atoms with Crippen molar-refractivity contribution < 1.29 is 26.3 Å². The first-order valence-corrected chi connectivity index (χ1v) is 9.51. The molecule has 5 nitrogen and oxygen atoms in total. The molecule has 0 radical (unpaired) electrons. The lowest BCUT2D eigenvalue weighted by Crippen LogP contribution is -2.25. The molecule has 0 aliphatic carbocycles. The zero-order valence-electron chi connectivity index (χ0n) is 13.1. The van der Waals surface area contributed by atoms with Gasteiger partial charge in [-0.05, 0) is 29.3 Å². The number of halogens is 5. The molecule has 1 aromatic heterocycles. The van der Waals surface area contributed by atoms with Crippen LogP contribution in [-0.4, -0.2) is 26.2 Å². The van der Waals surface area contributed by atoms with Crippen LogP contribution in [0.2, 0.25) is 10.0 Å². The fourth-order valence-electron chi connectivity index (χ4n) is 1.89. The van der Waals surface area contributed by atoms with Crippen LogP contribution in [0.25, 0.3) is 0 Å². The highest BCUT2D eigenvalue weighted by atomic mass is 35.5. The van der Waals surface area contributed by atoms with Crippen LogP contribution in [-0.2, 0) is 22.3 Å². The Labute approximate surface area is 158 Å². The van der Waals surface area contributed by atoms with Crippen LogP contribution in [0, 0.1) is 0 Å². The zero-order valence-corrected chi connectivity index (χ0v) is 15.4. The van der Waals surface area contributed by atoms with E-state index in [-0.39, 0.29) is 23.2 Å². The molecule has 0 aliphatic heterocycles. The van der Waals surface area contributed by atoms with Gasteiger partial charge in [-0.15, -0.1) is 0 Å². The lowest BCUT2D eigenvalue weighted by Gasteiger charge is -2.10. The molecule has 1 N–H and O–H groups in total. The van der Waals surface area contributed by atoms with Crippen molar-refractivity contribution in [2.45, 2.75) is 18.5 Å². The van der Waals surface area contributed by atoms with E-state index in [0.717, 1.165) is 0 Å². The second kappa shape index (κ2) is 8.43. The molecule has 0 spiro atoms. The summed E-state index contributed by atoms with van der Waals surface area (Å²) in [6.07, 6.45) is -3.26. The number of sulfonamides is 1. The van der Waals surface area contributed by atoms with Crippen molar-refractivity contribution in [3.8, 4) is 5.88 Å². The number of aromatic nitrogens is 1. The molecular formula is C15H13Cl2F3N2O3S. The predicted octanol–water partition coefficient (Wildman–Crippen LogP) is 3.95. The lowest BCUT2D eigenvalue weighted by atomic mass is 10.2. The van der Waals surface area contributed by atoms with Crippen LogP contribution < -0.4 is 9.46 Å². The molecule has 0 atom stereocenters. The van der Waals surface area contributed by atoms with Gasteiger partial charge in [-0.1, -0.05) is 29.3 Å². The minimum Gasteiger partial charge on any atom is -0.468 e. The monoisotopic (exact) mass is 428 g/mol. The number of benzene rings is 1. The molecule has 11 heteroatoms. The molecule has 2 aromatic rings. The second-order valence-corrected chi connectivity index (χ2v) is 7.86. The summed E-state index contributed by atoms with van der Waals surface area (Å²) in [6, 6.07) is 7.15. The highest BCUT2D eigenvalue weighted by Crippen LogP contribution is 2.23. The van der Waals surface area contributed by atoms with Crippen LogP contribution in [0.15, 0.2) is 36.5 Å². The van der Waals surface area contributed by atoms with Gasteiger partial charge < -0.3 is 4.74 Å². The number of rotatable bonds is 7. The number of alkyl halides is 3. The molecule has 0 aliphatic rings. The van der Waals surface area contributed by atoms with Crippen molar-refractivity contribution >= 4 is 33.2 Å². The van der Waals surface area contributed by atoms with E-state index in [0.29, 0.717) is 16.1 Å². The van der Waals surface area contributed by atoms with Gasteiger partial charge in [0.05, 0.1) is 15.8 Å². The minimum absolute atomic E-state index is 0.130. The number of nitrogens with zero attached hydrogens (tertiary/aromatic N) is 1. The Morgan fingerprint density at radius 2 is 1.81 bits per heavy atom. The van der Waals surface area contributed by atoms with Gasteiger partial charge in [0.15, 0.2) is 6.61 Å². The van der Waals surface area contributed by atoms with E-state index in [1.807, 2.05) is 0 Å². The lowest BCUT2D eigenvalue weighted by molar-refractivity contribution is -0.154. The molecule has 2 rings (SSSR count). The largest absolute Gasteiger partial charge is 0.468 e. The summed E-state index contributed by atoms with van der Waals surface area (Å²) >= 11 is 11.6. The summed E-state index contributed by atoms with van der Waals surface area (Å²) in [4.78, 5) is 3.65. The normalized spacial score (nSPS) is 12.2. The fraction of sp³-hybridized carbons (Fsp3) is 0.267. The third-order valence-electron chi connectivity index (χ3n) is 3.02. The molecule has 0 saturated heterocycles. The van der Waals surface area contributed by atoms with Gasteiger partial charge in [-0.2, -0.15) is 13.2 Å². The predicted molar refractivity (Wildman–Crippen MR) is 91.7 cm³/mol. The second-order valence-electron chi connectivity index (χ2n) is 5.23. The van der Waals surface area contributed by atoms with Gasteiger partial charge in [0.2, 0.25) is 15.9 Å². The van der Waals surface area contributed by atoms with Crippen LogP contribution in [0.1, 0.15) is 11.1 Å². The summed E-state index contributed by atoms with van der Waals surface area (Å²) < 4.78 is 67.6. The zero-order chi connectivity index (χ0) is 19.4. The van der Waals surface area contributed by atoms with E-state index in [2.05, 4.69) is 14.4 Å². The molecule has 1 aromatic carbocycles. The Balaban J connectivity index is 1.97. The molecule has 0 fully saturated rings. The Hall–Kier alpha value is -1.55. The average Bonchev–Trinajstić information content (AvgIpc) is 2.54. The van der Waals surface area contributed by atoms with Crippen molar-refractivity contribution in [3.63, 3.8) is 0 Å². The Bertz CT molecular complexity index is 877. The Morgan fingerprint density at radius 3 is 2.46 bits per heavy atom. The van der Waals surface area contributed by atoms with Gasteiger partial charge in [-0.3, -0.25) is 0 Å². The average molecular weight is 429 g/mol. The standard InChI is InChI=1S/C15H13Cl2F3N2O3S/c16-12-2-1-11(5-13(12)17)8-26(23,24)22-7-10-3-4-21-14(6-10)25-9-15(18,19)20/h1-6,22H,7-9H2. The maximum atomic E-state index is 12.1. The van der Waals surface area contributed by atoms with Crippen molar-refractivity contribution in [2.24, 2.45) is 0 Å². The molecule has 1 heterocycles. The summed E-state index contributed by atoms with van der Waals surface area (Å²) in [7, 11) is -3.70. The third kappa shape index (κ3) is 6.99. The number of nitrogens with one attached hydrogen (secondary N) is 1. The van der Waals surface area contributed by atoms with Gasteiger partial charge >= 0.3 is 6.18 Å². The maximum absolute atomic E-state index is 12.1. The molecule has 0 saturated carbocycles. The Kier molecular flexibility index (Phi) is 6.73. The summed E-state index contributed by atoms with van der Waals surface area (Å²) in [5.41, 5.74) is 0.839. The molecule has 0 bridgehead atoms. The first-order chi connectivity index (χ1) is 12.0. The Morgan fingerprint density at radius 1 is 1.08 bits per heavy atom. The smallest absolute Gasteiger partial charge is 0.422 e.